The number of rotatable bonds is 6. The van der Waals surface area contributed by atoms with Gasteiger partial charge in [0.05, 0.1) is 6.61 Å². The maximum Gasteiger partial charge on any atom is 0.323 e. The van der Waals surface area contributed by atoms with Crippen LogP contribution in [-0.2, 0) is 9.53 Å². The molecule has 0 aliphatic rings. The van der Waals surface area contributed by atoms with Crippen molar-refractivity contribution in [2.75, 3.05) is 18.1 Å². The van der Waals surface area contributed by atoms with Gasteiger partial charge in [-0.3, -0.25) is 4.79 Å². The topological polar surface area (TPSA) is 52.3 Å². The van der Waals surface area contributed by atoms with Crippen LogP contribution in [0.15, 0.2) is 12.2 Å². The molecular formula is C9H17NO2S. The van der Waals surface area contributed by atoms with Crippen LogP contribution in [0.3, 0.4) is 0 Å². The van der Waals surface area contributed by atoms with Crippen molar-refractivity contribution >= 4 is 17.7 Å². The molecule has 0 bridgehead atoms. The van der Waals surface area contributed by atoms with Gasteiger partial charge in [-0.15, -0.1) is 0 Å². The second-order valence-corrected chi connectivity index (χ2v) is 3.86. The van der Waals surface area contributed by atoms with Gasteiger partial charge in [-0.1, -0.05) is 12.2 Å². The number of nitrogens with two attached hydrogens (primary N) is 1. The Labute approximate surface area is 83.7 Å². The van der Waals surface area contributed by atoms with Gasteiger partial charge in [0.25, 0.3) is 0 Å². The molecule has 0 spiro atoms. The Morgan fingerprint density at radius 2 is 2.31 bits per heavy atom. The molecule has 0 heterocycles. The summed E-state index contributed by atoms with van der Waals surface area (Å²) >= 11 is 1.60. The number of carbonyl (C=O) groups excluding carboxylic acids is 1. The smallest absolute Gasteiger partial charge is 0.323 e. The van der Waals surface area contributed by atoms with Crippen molar-refractivity contribution < 1.29 is 9.53 Å². The van der Waals surface area contributed by atoms with Crippen molar-refractivity contribution in [1.29, 1.82) is 0 Å². The van der Waals surface area contributed by atoms with E-state index in [9.17, 15) is 4.79 Å². The minimum Gasteiger partial charge on any atom is -0.465 e. The number of thioether (sulfide) groups is 1. The fraction of sp³-hybridized carbons (Fsp3) is 0.667. The highest BCUT2D eigenvalue weighted by Crippen LogP contribution is 2.07. The van der Waals surface area contributed by atoms with E-state index >= 15 is 0 Å². The van der Waals surface area contributed by atoms with E-state index in [1.165, 1.54) is 0 Å². The third-order valence-corrected chi connectivity index (χ3v) is 2.53. The fourth-order valence-electron chi connectivity index (χ4n) is 0.677. The molecule has 4 heteroatoms. The minimum atomic E-state index is -0.510. The molecule has 0 aliphatic carbocycles. The van der Waals surface area contributed by atoms with Crippen molar-refractivity contribution in [1.82, 2.24) is 0 Å². The van der Waals surface area contributed by atoms with Gasteiger partial charge in [0.1, 0.15) is 6.04 Å². The van der Waals surface area contributed by atoms with Crippen LogP contribution in [0.2, 0.25) is 0 Å². The third kappa shape index (κ3) is 6.66. The number of hydrogen-bond acceptors (Lipinski definition) is 4. The zero-order valence-electron chi connectivity index (χ0n) is 8.21. The third-order valence-electron chi connectivity index (χ3n) is 1.24. The lowest BCUT2D eigenvalue weighted by Crippen LogP contribution is -2.34. The number of hydrogen-bond donors (Lipinski definition) is 1. The average Bonchev–Trinajstić information content (AvgIpc) is 2.04. The monoisotopic (exact) mass is 203 g/mol. The van der Waals surface area contributed by atoms with Crippen LogP contribution in [0.4, 0.5) is 0 Å². The molecule has 0 aliphatic heterocycles. The molecule has 0 aromatic rings. The Kier molecular flexibility index (Phi) is 6.72. The molecule has 1 unspecified atom stereocenters. The summed E-state index contributed by atoms with van der Waals surface area (Å²) in [4.78, 5) is 11.0. The van der Waals surface area contributed by atoms with Crippen molar-refractivity contribution in [3.8, 4) is 0 Å². The summed E-state index contributed by atoms with van der Waals surface area (Å²) in [6.45, 7) is 7.86. The molecule has 3 nitrogen and oxygen atoms in total. The van der Waals surface area contributed by atoms with Gasteiger partial charge in [-0.2, -0.15) is 11.8 Å². The van der Waals surface area contributed by atoms with Gasteiger partial charge < -0.3 is 10.5 Å². The lowest BCUT2D eigenvalue weighted by molar-refractivity contribution is -0.144. The van der Waals surface area contributed by atoms with Crippen LogP contribution in [0.5, 0.6) is 0 Å². The number of carbonyl (C=O) groups is 1. The first kappa shape index (κ1) is 12.5. The van der Waals surface area contributed by atoms with Crippen LogP contribution in [-0.4, -0.2) is 30.1 Å². The Bertz CT molecular complexity index is 182. The molecule has 0 amide bonds. The van der Waals surface area contributed by atoms with Crippen LogP contribution in [0.1, 0.15) is 13.8 Å². The maximum atomic E-state index is 11.0. The van der Waals surface area contributed by atoms with Gasteiger partial charge in [-0.05, 0) is 13.8 Å². The zero-order chi connectivity index (χ0) is 10.3. The summed E-state index contributed by atoms with van der Waals surface area (Å²) in [5.74, 6) is 1.11. The van der Waals surface area contributed by atoms with E-state index in [2.05, 4.69) is 6.58 Å². The van der Waals surface area contributed by atoms with Gasteiger partial charge in [0.2, 0.25) is 0 Å². The first-order valence-corrected chi connectivity index (χ1v) is 5.37. The Hall–Kier alpha value is -0.480. The lowest BCUT2D eigenvalue weighted by atomic mass is 10.4. The molecule has 0 aromatic carbocycles. The van der Waals surface area contributed by atoms with Crippen LogP contribution < -0.4 is 5.73 Å². The predicted octanol–water partition coefficient (Wildman–Crippen LogP) is 1.19. The highest BCUT2D eigenvalue weighted by atomic mass is 32.2. The second-order valence-electron chi connectivity index (χ2n) is 2.83. The van der Waals surface area contributed by atoms with Crippen LogP contribution in [0, 0.1) is 0 Å². The van der Waals surface area contributed by atoms with Crippen molar-refractivity contribution in [3.63, 3.8) is 0 Å². The molecule has 0 saturated heterocycles. The van der Waals surface area contributed by atoms with E-state index < -0.39 is 6.04 Å². The van der Waals surface area contributed by atoms with Gasteiger partial charge in [0.15, 0.2) is 0 Å². The highest BCUT2D eigenvalue weighted by molar-refractivity contribution is 7.99. The maximum absolute atomic E-state index is 11.0. The van der Waals surface area contributed by atoms with E-state index in [-0.39, 0.29) is 5.97 Å². The standard InChI is InChI=1S/C9H17NO2S/c1-4-12-9(11)8(10)6-13-5-7(2)3/h8H,2,4-6,10H2,1,3H3. The largest absolute Gasteiger partial charge is 0.465 e. The summed E-state index contributed by atoms with van der Waals surface area (Å²) in [5, 5.41) is 0. The van der Waals surface area contributed by atoms with Gasteiger partial charge in [-0.25, -0.2) is 0 Å². The van der Waals surface area contributed by atoms with E-state index in [0.717, 1.165) is 11.3 Å². The average molecular weight is 203 g/mol. The summed E-state index contributed by atoms with van der Waals surface area (Å²) in [6, 6.07) is -0.510. The Balaban J connectivity index is 3.55. The number of esters is 1. The first-order chi connectivity index (χ1) is 6.07. The molecule has 0 rings (SSSR count). The molecule has 0 fully saturated rings. The zero-order valence-corrected chi connectivity index (χ0v) is 9.02. The fourth-order valence-corrected chi connectivity index (χ4v) is 1.53. The van der Waals surface area contributed by atoms with Crippen molar-refractivity contribution in [2.24, 2.45) is 5.73 Å². The summed E-state index contributed by atoms with van der Waals surface area (Å²) < 4.78 is 4.76. The molecule has 0 radical (unpaired) electrons. The molecular weight excluding hydrogens is 186 g/mol. The minimum absolute atomic E-state index is 0.322. The Morgan fingerprint density at radius 1 is 1.69 bits per heavy atom. The first-order valence-electron chi connectivity index (χ1n) is 4.22. The van der Waals surface area contributed by atoms with E-state index in [4.69, 9.17) is 10.5 Å². The number of ether oxygens (including phenoxy) is 1. The summed E-state index contributed by atoms with van der Waals surface area (Å²) in [5.41, 5.74) is 6.65. The van der Waals surface area contributed by atoms with Crippen LogP contribution in [0.25, 0.3) is 0 Å². The van der Waals surface area contributed by atoms with E-state index in [1.54, 1.807) is 18.7 Å². The van der Waals surface area contributed by atoms with Gasteiger partial charge in [0, 0.05) is 11.5 Å². The van der Waals surface area contributed by atoms with Gasteiger partial charge >= 0.3 is 5.97 Å². The predicted molar refractivity (Wildman–Crippen MR) is 56.7 cm³/mol. The molecule has 0 saturated carbocycles. The van der Waals surface area contributed by atoms with Crippen molar-refractivity contribution in [3.05, 3.63) is 12.2 Å². The second kappa shape index (κ2) is 6.97. The van der Waals surface area contributed by atoms with Crippen molar-refractivity contribution in [2.45, 2.75) is 19.9 Å². The molecule has 13 heavy (non-hydrogen) atoms. The normalized spacial score (nSPS) is 12.2. The SMILES string of the molecule is C=C(C)CSCC(N)C(=O)OCC. The molecule has 1 atom stereocenters. The van der Waals surface area contributed by atoms with Crippen LogP contribution >= 0.6 is 11.8 Å². The summed E-state index contributed by atoms with van der Waals surface area (Å²) in [7, 11) is 0. The van der Waals surface area contributed by atoms with E-state index in [0.29, 0.717) is 12.4 Å². The van der Waals surface area contributed by atoms with E-state index in [1.807, 2.05) is 6.92 Å². The summed E-state index contributed by atoms with van der Waals surface area (Å²) in [6.07, 6.45) is 0. The highest BCUT2D eigenvalue weighted by Gasteiger charge is 2.13. The molecule has 2 N–H and O–H groups in total. The Morgan fingerprint density at radius 3 is 2.77 bits per heavy atom. The molecule has 0 aromatic heterocycles. The lowest BCUT2D eigenvalue weighted by Gasteiger charge is -2.09. The quantitative estimate of drug-likeness (QED) is 0.520. The molecule has 76 valence electrons.